The number of aryl methyl sites for hydroxylation is 1. The molecule has 0 unspecified atom stereocenters. The number of aromatic nitrogens is 1. The monoisotopic (exact) mass is 306 g/mol. The summed E-state index contributed by atoms with van der Waals surface area (Å²) in [6.45, 7) is 5.47. The number of hydrogen-bond donors (Lipinski definition) is 1. The number of ether oxygens (including phenoxy) is 1. The molecular weight excluding hydrogens is 292 g/mol. The Morgan fingerprint density at radius 1 is 1.62 bits per heavy atom. The first kappa shape index (κ1) is 13.4. The fourth-order valence-electron chi connectivity index (χ4n) is 0.967. The molecule has 1 N–H and O–H groups in total. The van der Waals surface area contributed by atoms with Crippen LogP contribution in [0.4, 0.5) is 9.93 Å². The molecule has 0 bridgehead atoms. The molecule has 0 aromatic carbocycles. The maximum absolute atomic E-state index is 11.4. The van der Waals surface area contributed by atoms with Crippen LogP contribution in [0, 0.1) is 0 Å². The third-order valence-corrected chi connectivity index (χ3v) is 2.71. The van der Waals surface area contributed by atoms with Crippen molar-refractivity contribution in [1.29, 1.82) is 0 Å². The second-order valence-corrected chi connectivity index (χ2v) is 5.86. The molecule has 0 radical (unpaired) electrons. The summed E-state index contributed by atoms with van der Waals surface area (Å²) < 4.78 is 5.12. The van der Waals surface area contributed by atoms with Crippen LogP contribution in [0.3, 0.4) is 0 Å². The predicted octanol–water partition coefficient (Wildman–Crippen LogP) is 3.43. The summed E-state index contributed by atoms with van der Waals surface area (Å²) in [6, 6.07) is 0. The molecule has 0 saturated heterocycles. The number of carbonyl (C=O) groups is 1. The van der Waals surface area contributed by atoms with Gasteiger partial charge in [0, 0.05) is 17.1 Å². The number of amides is 1. The molecule has 0 aliphatic carbocycles. The van der Waals surface area contributed by atoms with Gasteiger partial charge in [0.1, 0.15) is 5.60 Å². The van der Waals surface area contributed by atoms with Gasteiger partial charge < -0.3 is 4.74 Å². The highest BCUT2D eigenvalue weighted by atomic mass is 79.9. The van der Waals surface area contributed by atoms with E-state index in [2.05, 4.69) is 26.2 Å². The molecular formula is C10H15BrN2O2S. The Morgan fingerprint density at radius 2 is 2.31 bits per heavy atom. The Bertz CT molecular complexity index is 360. The first-order valence-electron chi connectivity index (χ1n) is 4.91. The van der Waals surface area contributed by atoms with Gasteiger partial charge in [-0.05, 0) is 20.8 Å². The van der Waals surface area contributed by atoms with Crippen molar-refractivity contribution in [2.24, 2.45) is 0 Å². The zero-order valence-electron chi connectivity index (χ0n) is 9.54. The molecule has 0 saturated carbocycles. The van der Waals surface area contributed by atoms with Crippen molar-refractivity contribution in [2.45, 2.75) is 32.8 Å². The molecule has 0 atom stereocenters. The second kappa shape index (κ2) is 5.63. The average molecular weight is 307 g/mol. The number of nitrogens with one attached hydrogen (secondary N) is 1. The first-order valence-corrected chi connectivity index (χ1v) is 6.91. The largest absolute Gasteiger partial charge is 0.444 e. The van der Waals surface area contributed by atoms with E-state index < -0.39 is 11.7 Å². The summed E-state index contributed by atoms with van der Waals surface area (Å²) in [4.78, 5) is 15.7. The maximum atomic E-state index is 11.4. The summed E-state index contributed by atoms with van der Waals surface area (Å²) in [5.41, 5.74) is 0.480. The van der Waals surface area contributed by atoms with E-state index in [4.69, 9.17) is 4.74 Å². The summed E-state index contributed by atoms with van der Waals surface area (Å²) in [6.07, 6.45) is 0.388. The van der Waals surface area contributed by atoms with Crippen LogP contribution in [0.25, 0.3) is 0 Å². The number of halogens is 1. The lowest BCUT2D eigenvalue weighted by molar-refractivity contribution is 0.0636. The van der Waals surface area contributed by atoms with E-state index in [1.807, 2.05) is 26.2 Å². The number of thiazole rings is 1. The normalized spacial score (nSPS) is 11.2. The van der Waals surface area contributed by atoms with Crippen LogP contribution in [0.15, 0.2) is 5.38 Å². The lowest BCUT2D eigenvalue weighted by atomic mass is 10.2. The van der Waals surface area contributed by atoms with Gasteiger partial charge in [-0.15, -0.1) is 11.3 Å². The molecule has 1 aromatic rings. The van der Waals surface area contributed by atoms with Crippen molar-refractivity contribution in [3.8, 4) is 0 Å². The maximum Gasteiger partial charge on any atom is 0.413 e. The molecule has 90 valence electrons. The molecule has 0 spiro atoms. The van der Waals surface area contributed by atoms with E-state index in [1.165, 1.54) is 11.3 Å². The van der Waals surface area contributed by atoms with Gasteiger partial charge in [-0.2, -0.15) is 0 Å². The highest BCUT2D eigenvalue weighted by molar-refractivity contribution is 9.09. The SMILES string of the molecule is CC(C)(C)OC(=O)Nc1nc(CCBr)cs1. The molecule has 1 aromatic heterocycles. The molecule has 1 heterocycles. The van der Waals surface area contributed by atoms with E-state index in [1.54, 1.807) is 0 Å². The van der Waals surface area contributed by atoms with Crippen molar-refractivity contribution in [2.75, 3.05) is 10.6 Å². The van der Waals surface area contributed by atoms with Gasteiger partial charge >= 0.3 is 6.09 Å². The molecule has 1 amide bonds. The van der Waals surface area contributed by atoms with Crippen LogP contribution in [-0.4, -0.2) is 22.0 Å². The van der Waals surface area contributed by atoms with Crippen molar-refractivity contribution >= 4 is 38.5 Å². The zero-order valence-corrected chi connectivity index (χ0v) is 11.9. The van der Waals surface area contributed by atoms with E-state index in [0.29, 0.717) is 5.13 Å². The summed E-state index contributed by atoms with van der Waals surface area (Å²) in [5.74, 6) is 0. The van der Waals surface area contributed by atoms with Gasteiger partial charge in [0.05, 0.1) is 5.69 Å². The van der Waals surface area contributed by atoms with Crippen LogP contribution in [-0.2, 0) is 11.2 Å². The van der Waals surface area contributed by atoms with E-state index in [0.717, 1.165) is 17.4 Å². The summed E-state index contributed by atoms with van der Waals surface area (Å²) in [5, 5.41) is 5.97. The van der Waals surface area contributed by atoms with E-state index in [-0.39, 0.29) is 0 Å². The van der Waals surface area contributed by atoms with Gasteiger partial charge in [-0.3, -0.25) is 5.32 Å². The standard InChI is InChI=1S/C10H15BrN2O2S/c1-10(2,3)15-9(14)13-8-12-7(4-5-11)6-16-8/h6H,4-5H2,1-3H3,(H,12,13,14). The van der Waals surface area contributed by atoms with Crippen LogP contribution in [0.2, 0.25) is 0 Å². The van der Waals surface area contributed by atoms with Crippen molar-refractivity contribution in [1.82, 2.24) is 4.98 Å². The van der Waals surface area contributed by atoms with Crippen molar-refractivity contribution < 1.29 is 9.53 Å². The lowest BCUT2D eigenvalue weighted by Gasteiger charge is -2.18. The first-order chi connectivity index (χ1) is 7.40. The van der Waals surface area contributed by atoms with Gasteiger partial charge in [0.25, 0.3) is 0 Å². The van der Waals surface area contributed by atoms with Crippen molar-refractivity contribution in [3.05, 3.63) is 11.1 Å². The number of nitrogens with zero attached hydrogens (tertiary/aromatic N) is 1. The summed E-state index contributed by atoms with van der Waals surface area (Å²) in [7, 11) is 0. The minimum Gasteiger partial charge on any atom is -0.444 e. The quantitative estimate of drug-likeness (QED) is 0.870. The van der Waals surface area contributed by atoms with Gasteiger partial charge in [0.15, 0.2) is 5.13 Å². The predicted molar refractivity (Wildman–Crippen MR) is 69.5 cm³/mol. The van der Waals surface area contributed by atoms with Gasteiger partial charge in [-0.1, -0.05) is 15.9 Å². The molecule has 6 heteroatoms. The number of alkyl halides is 1. The number of carbonyl (C=O) groups excluding carboxylic acids is 1. The Balaban J connectivity index is 2.50. The molecule has 16 heavy (non-hydrogen) atoms. The number of hydrogen-bond acceptors (Lipinski definition) is 4. The van der Waals surface area contributed by atoms with E-state index in [9.17, 15) is 4.79 Å². The Labute approximate surface area is 108 Å². The van der Waals surface area contributed by atoms with Crippen LogP contribution in [0.1, 0.15) is 26.5 Å². The third-order valence-electron chi connectivity index (χ3n) is 1.51. The topological polar surface area (TPSA) is 51.2 Å². The molecule has 0 aliphatic rings. The zero-order chi connectivity index (χ0) is 12.2. The van der Waals surface area contributed by atoms with Crippen LogP contribution in [0.5, 0.6) is 0 Å². The number of rotatable bonds is 3. The number of anilines is 1. The van der Waals surface area contributed by atoms with Crippen molar-refractivity contribution in [3.63, 3.8) is 0 Å². The Hall–Kier alpha value is -0.620. The Kier molecular flexibility index (Phi) is 4.73. The van der Waals surface area contributed by atoms with E-state index >= 15 is 0 Å². The third kappa shape index (κ3) is 4.94. The highest BCUT2D eigenvalue weighted by Gasteiger charge is 2.17. The second-order valence-electron chi connectivity index (χ2n) is 4.21. The minimum absolute atomic E-state index is 0.466. The van der Waals surface area contributed by atoms with Gasteiger partial charge in [0.2, 0.25) is 0 Å². The van der Waals surface area contributed by atoms with Crippen LogP contribution >= 0.6 is 27.3 Å². The fourth-order valence-corrected chi connectivity index (χ4v) is 2.10. The minimum atomic E-state index is -0.486. The summed E-state index contributed by atoms with van der Waals surface area (Å²) >= 11 is 4.74. The molecule has 1 rings (SSSR count). The highest BCUT2D eigenvalue weighted by Crippen LogP contribution is 2.17. The molecule has 0 aliphatic heterocycles. The Morgan fingerprint density at radius 3 is 2.88 bits per heavy atom. The smallest absolute Gasteiger partial charge is 0.413 e. The molecule has 0 fully saturated rings. The lowest BCUT2D eigenvalue weighted by Crippen LogP contribution is -2.27. The average Bonchev–Trinajstić information content (AvgIpc) is 2.49. The van der Waals surface area contributed by atoms with Gasteiger partial charge in [-0.25, -0.2) is 9.78 Å². The van der Waals surface area contributed by atoms with Crippen LogP contribution < -0.4 is 5.32 Å². The fraction of sp³-hybridized carbons (Fsp3) is 0.600. The molecule has 4 nitrogen and oxygen atoms in total.